The highest BCUT2D eigenvalue weighted by atomic mass is 16.5. The second kappa shape index (κ2) is 6.67. The molecule has 2 aromatic carbocycles. The summed E-state index contributed by atoms with van der Waals surface area (Å²) < 4.78 is 5.20. The quantitative estimate of drug-likeness (QED) is 0.880. The highest BCUT2D eigenvalue weighted by Crippen LogP contribution is 2.23. The molecule has 0 aliphatic carbocycles. The van der Waals surface area contributed by atoms with Gasteiger partial charge in [0, 0.05) is 12.2 Å². The fourth-order valence-electron chi connectivity index (χ4n) is 2.14. The van der Waals surface area contributed by atoms with Gasteiger partial charge in [-0.15, -0.1) is 0 Å². The van der Waals surface area contributed by atoms with Crippen LogP contribution in [0.5, 0.6) is 11.5 Å². The summed E-state index contributed by atoms with van der Waals surface area (Å²) in [6, 6.07) is 13.4. The first-order chi connectivity index (χ1) is 10.1. The van der Waals surface area contributed by atoms with Crippen molar-refractivity contribution in [1.82, 2.24) is 0 Å². The Bertz CT molecular complexity index is 634. The van der Waals surface area contributed by atoms with Crippen molar-refractivity contribution in [1.29, 1.82) is 5.26 Å². The van der Waals surface area contributed by atoms with Gasteiger partial charge in [0.05, 0.1) is 0 Å². The van der Waals surface area contributed by atoms with Crippen LogP contribution < -0.4 is 10.1 Å². The average molecular weight is 282 g/mol. The number of ether oxygens (including phenoxy) is 1. The molecule has 0 aliphatic rings. The number of hydrogen-bond donors (Lipinski definition) is 2. The van der Waals surface area contributed by atoms with Crippen LogP contribution in [0, 0.1) is 25.2 Å². The number of nitrogens with one attached hydrogen (secondary N) is 1. The maximum Gasteiger partial charge on any atom is 0.174 e. The summed E-state index contributed by atoms with van der Waals surface area (Å²) in [7, 11) is 0. The van der Waals surface area contributed by atoms with Gasteiger partial charge < -0.3 is 15.2 Å². The van der Waals surface area contributed by atoms with Gasteiger partial charge in [0.1, 0.15) is 17.6 Å². The van der Waals surface area contributed by atoms with Crippen molar-refractivity contribution in [3.05, 3.63) is 53.1 Å². The fourth-order valence-corrected chi connectivity index (χ4v) is 2.14. The van der Waals surface area contributed by atoms with Crippen molar-refractivity contribution < 1.29 is 9.84 Å². The molecule has 0 aromatic heterocycles. The molecule has 0 radical (unpaired) electrons. The highest BCUT2D eigenvalue weighted by Gasteiger charge is 2.03. The van der Waals surface area contributed by atoms with E-state index < -0.39 is 0 Å². The summed E-state index contributed by atoms with van der Waals surface area (Å²) in [5.74, 6) is 1.04. The number of nitriles is 1. The Balaban J connectivity index is 1.98. The molecule has 2 N–H and O–H groups in total. The standard InChI is InChI=1S/C17H18N2O2/c1-12-9-14(10-13(2)17(12)20)11-19-15-3-5-16(6-4-15)21-8-7-18/h3-6,9-10,19-20H,8,11H2,1-2H3. The lowest BCUT2D eigenvalue weighted by atomic mass is 10.1. The Labute approximate surface area is 124 Å². The smallest absolute Gasteiger partial charge is 0.174 e. The van der Waals surface area contributed by atoms with Crippen LogP contribution in [0.4, 0.5) is 5.69 Å². The van der Waals surface area contributed by atoms with E-state index in [4.69, 9.17) is 10.00 Å². The van der Waals surface area contributed by atoms with Crippen molar-refractivity contribution >= 4 is 5.69 Å². The minimum absolute atomic E-state index is 0.0544. The molecule has 0 fully saturated rings. The van der Waals surface area contributed by atoms with Crippen LogP contribution in [-0.4, -0.2) is 11.7 Å². The first-order valence-corrected chi connectivity index (χ1v) is 6.73. The first-order valence-electron chi connectivity index (χ1n) is 6.73. The topological polar surface area (TPSA) is 65.3 Å². The molecule has 0 saturated heterocycles. The molecule has 0 heterocycles. The lowest BCUT2D eigenvalue weighted by molar-refractivity contribution is 0.368. The van der Waals surface area contributed by atoms with Gasteiger partial charge in [-0.1, -0.05) is 12.1 Å². The SMILES string of the molecule is Cc1cc(CNc2ccc(OCC#N)cc2)cc(C)c1O. The third kappa shape index (κ3) is 3.90. The van der Waals surface area contributed by atoms with Crippen LogP contribution >= 0.6 is 0 Å². The Morgan fingerprint density at radius 1 is 1.14 bits per heavy atom. The molecule has 0 atom stereocenters. The number of anilines is 1. The Hall–Kier alpha value is -2.67. The number of phenolic OH excluding ortho intramolecular Hbond substituents is 1. The van der Waals surface area contributed by atoms with E-state index in [0.717, 1.165) is 22.4 Å². The van der Waals surface area contributed by atoms with E-state index in [-0.39, 0.29) is 6.61 Å². The van der Waals surface area contributed by atoms with Gasteiger partial charge in [-0.05, 0) is 54.8 Å². The summed E-state index contributed by atoms with van der Waals surface area (Å²) in [6.45, 7) is 4.53. The van der Waals surface area contributed by atoms with Crippen LogP contribution in [0.2, 0.25) is 0 Å². The number of aromatic hydroxyl groups is 1. The van der Waals surface area contributed by atoms with Crippen LogP contribution in [0.15, 0.2) is 36.4 Å². The molecule has 0 spiro atoms. The second-order valence-corrected chi connectivity index (χ2v) is 4.90. The van der Waals surface area contributed by atoms with Gasteiger partial charge in [0.2, 0.25) is 0 Å². The molecule has 21 heavy (non-hydrogen) atoms. The number of phenols is 1. The van der Waals surface area contributed by atoms with E-state index in [2.05, 4.69) is 5.32 Å². The third-order valence-electron chi connectivity index (χ3n) is 3.21. The Morgan fingerprint density at radius 2 is 1.76 bits per heavy atom. The van der Waals surface area contributed by atoms with Gasteiger partial charge in [0.15, 0.2) is 6.61 Å². The van der Waals surface area contributed by atoms with Crippen molar-refractivity contribution in [3.8, 4) is 17.6 Å². The minimum Gasteiger partial charge on any atom is -0.507 e. The zero-order valence-electron chi connectivity index (χ0n) is 12.2. The molecular formula is C17H18N2O2. The summed E-state index contributed by atoms with van der Waals surface area (Å²) >= 11 is 0. The maximum atomic E-state index is 9.76. The van der Waals surface area contributed by atoms with E-state index in [9.17, 15) is 5.11 Å². The number of nitrogens with zero attached hydrogens (tertiary/aromatic N) is 1. The van der Waals surface area contributed by atoms with Gasteiger partial charge in [-0.3, -0.25) is 0 Å². The molecule has 0 unspecified atom stereocenters. The third-order valence-corrected chi connectivity index (χ3v) is 3.21. The summed E-state index contributed by atoms with van der Waals surface area (Å²) in [4.78, 5) is 0. The molecule has 108 valence electrons. The molecule has 2 rings (SSSR count). The van der Waals surface area contributed by atoms with Crippen molar-refractivity contribution in [3.63, 3.8) is 0 Å². The molecule has 0 bridgehead atoms. The summed E-state index contributed by atoms with van der Waals surface area (Å²) in [5.41, 5.74) is 3.86. The van der Waals surface area contributed by atoms with Crippen molar-refractivity contribution in [2.45, 2.75) is 20.4 Å². The molecule has 0 amide bonds. The van der Waals surface area contributed by atoms with E-state index in [0.29, 0.717) is 18.0 Å². The average Bonchev–Trinajstić information content (AvgIpc) is 2.49. The van der Waals surface area contributed by atoms with E-state index in [1.807, 2.05) is 56.3 Å². The van der Waals surface area contributed by atoms with Crippen LogP contribution in [-0.2, 0) is 6.54 Å². The highest BCUT2D eigenvalue weighted by molar-refractivity contribution is 5.48. The second-order valence-electron chi connectivity index (χ2n) is 4.90. The first kappa shape index (κ1) is 14.7. The molecule has 4 nitrogen and oxygen atoms in total. The lowest BCUT2D eigenvalue weighted by Crippen LogP contribution is -2.00. The number of benzene rings is 2. The fraction of sp³-hybridized carbons (Fsp3) is 0.235. The van der Waals surface area contributed by atoms with Gasteiger partial charge in [-0.2, -0.15) is 5.26 Å². The largest absolute Gasteiger partial charge is 0.507 e. The summed E-state index contributed by atoms with van der Waals surface area (Å²) in [6.07, 6.45) is 0. The minimum atomic E-state index is 0.0544. The van der Waals surface area contributed by atoms with Crippen LogP contribution in [0.3, 0.4) is 0 Å². The predicted molar refractivity (Wildman–Crippen MR) is 82.5 cm³/mol. The maximum absolute atomic E-state index is 9.76. The Morgan fingerprint density at radius 3 is 2.33 bits per heavy atom. The number of hydrogen-bond acceptors (Lipinski definition) is 4. The molecule has 2 aromatic rings. The molecule has 0 aliphatic heterocycles. The summed E-state index contributed by atoms with van der Waals surface area (Å²) in [5, 5.41) is 21.5. The van der Waals surface area contributed by atoms with Crippen LogP contribution in [0.25, 0.3) is 0 Å². The number of rotatable bonds is 5. The normalized spacial score (nSPS) is 9.95. The van der Waals surface area contributed by atoms with Gasteiger partial charge in [0.25, 0.3) is 0 Å². The predicted octanol–water partition coefficient (Wildman–Crippen LogP) is 3.52. The molecule has 0 saturated carbocycles. The van der Waals surface area contributed by atoms with E-state index >= 15 is 0 Å². The van der Waals surface area contributed by atoms with Crippen LogP contribution in [0.1, 0.15) is 16.7 Å². The van der Waals surface area contributed by atoms with E-state index in [1.54, 1.807) is 0 Å². The zero-order valence-corrected chi connectivity index (χ0v) is 12.2. The number of aryl methyl sites for hydroxylation is 2. The van der Waals surface area contributed by atoms with Gasteiger partial charge >= 0.3 is 0 Å². The lowest BCUT2D eigenvalue weighted by Gasteiger charge is -2.10. The molecule has 4 heteroatoms. The Kier molecular flexibility index (Phi) is 4.68. The van der Waals surface area contributed by atoms with Crippen molar-refractivity contribution in [2.24, 2.45) is 0 Å². The van der Waals surface area contributed by atoms with E-state index in [1.165, 1.54) is 0 Å². The molecular weight excluding hydrogens is 264 g/mol. The van der Waals surface area contributed by atoms with Crippen molar-refractivity contribution in [2.75, 3.05) is 11.9 Å². The monoisotopic (exact) mass is 282 g/mol. The zero-order chi connectivity index (χ0) is 15.2. The van der Waals surface area contributed by atoms with Gasteiger partial charge in [-0.25, -0.2) is 0 Å².